The van der Waals surface area contributed by atoms with Crippen molar-refractivity contribution >= 4 is 11.7 Å². The summed E-state index contributed by atoms with van der Waals surface area (Å²) in [4.78, 5) is 24.1. The van der Waals surface area contributed by atoms with E-state index in [4.69, 9.17) is 9.72 Å². The molecule has 1 fully saturated rings. The Morgan fingerprint density at radius 1 is 1.09 bits per heavy atom. The van der Waals surface area contributed by atoms with E-state index in [1.165, 1.54) is 18.3 Å². The molecule has 0 atom stereocenters. The molecule has 1 amide bonds. The third-order valence-electron chi connectivity index (χ3n) is 5.50. The number of anilines is 1. The van der Waals surface area contributed by atoms with Gasteiger partial charge in [-0.2, -0.15) is 13.2 Å². The summed E-state index contributed by atoms with van der Waals surface area (Å²) in [5, 5.41) is 2.77. The molecule has 2 aromatic carbocycles. The lowest BCUT2D eigenvalue weighted by atomic mass is 10.1. The van der Waals surface area contributed by atoms with Crippen LogP contribution >= 0.6 is 0 Å². The van der Waals surface area contributed by atoms with Crippen molar-refractivity contribution in [1.29, 1.82) is 0 Å². The molecule has 0 unspecified atom stereocenters. The van der Waals surface area contributed by atoms with Crippen LogP contribution in [0, 0.1) is 0 Å². The molecular weight excluding hydrogens is 433 g/mol. The first-order valence-corrected chi connectivity index (χ1v) is 10.6. The second-order valence-corrected chi connectivity index (χ2v) is 7.70. The Bertz CT molecular complexity index is 1130. The SMILES string of the molecule is COc1ccccc1-c1ncc(C(=O)NCc2ccc(C(F)(F)F)cc2)c(N2CCCC2)n1. The highest BCUT2D eigenvalue weighted by molar-refractivity contribution is 5.99. The summed E-state index contributed by atoms with van der Waals surface area (Å²) < 4.78 is 43.7. The van der Waals surface area contributed by atoms with Gasteiger partial charge in [0.1, 0.15) is 17.1 Å². The molecule has 0 aliphatic carbocycles. The van der Waals surface area contributed by atoms with Gasteiger partial charge >= 0.3 is 6.18 Å². The minimum Gasteiger partial charge on any atom is -0.496 e. The first kappa shape index (κ1) is 22.6. The standard InChI is InChI=1S/C24H23F3N4O2/c1-33-20-7-3-2-6-18(20)21-28-15-19(22(30-21)31-12-4-5-13-31)23(32)29-14-16-8-10-17(11-9-16)24(25,26)27/h2-3,6-11,15H,4-5,12-14H2,1H3,(H,29,32). The van der Waals surface area contributed by atoms with E-state index in [1.807, 2.05) is 29.2 Å². The molecule has 1 aliphatic rings. The third-order valence-corrected chi connectivity index (χ3v) is 5.50. The van der Waals surface area contributed by atoms with Crippen LogP contribution in [0.4, 0.5) is 19.0 Å². The number of hydrogen-bond acceptors (Lipinski definition) is 5. The van der Waals surface area contributed by atoms with Crippen molar-refractivity contribution in [2.24, 2.45) is 0 Å². The number of ether oxygens (including phenoxy) is 1. The van der Waals surface area contributed by atoms with E-state index < -0.39 is 11.7 Å². The summed E-state index contributed by atoms with van der Waals surface area (Å²) in [6, 6.07) is 12.1. The van der Waals surface area contributed by atoms with E-state index in [2.05, 4.69) is 10.3 Å². The largest absolute Gasteiger partial charge is 0.496 e. The van der Waals surface area contributed by atoms with E-state index in [-0.39, 0.29) is 12.5 Å². The van der Waals surface area contributed by atoms with E-state index in [0.717, 1.165) is 43.6 Å². The summed E-state index contributed by atoms with van der Waals surface area (Å²) in [7, 11) is 1.57. The molecule has 1 N–H and O–H groups in total. The molecule has 0 spiro atoms. The maximum atomic E-state index is 13.0. The van der Waals surface area contributed by atoms with Crippen LogP contribution in [0.5, 0.6) is 5.75 Å². The molecular formula is C24H23F3N4O2. The lowest BCUT2D eigenvalue weighted by Gasteiger charge is -2.20. The molecule has 3 aromatic rings. The number of para-hydroxylation sites is 1. The summed E-state index contributed by atoms with van der Waals surface area (Å²) in [6.07, 6.45) is -0.904. The number of rotatable bonds is 6. The van der Waals surface area contributed by atoms with E-state index in [9.17, 15) is 18.0 Å². The number of carbonyl (C=O) groups excluding carboxylic acids is 1. The van der Waals surface area contributed by atoms with Gasteiger partial charge < -0.3 is 15.0 Å². The molecule has 1 saturated heterocycles. The lowest BCUT2D eigenvalue weighted by Crippen LogP contribution is -2.28. The van der Waals surface area contributed by atoms with Crippen LogP contribution in [0.3, 0.4) is 0 Å². The molecule has 0 radical (unpaired) electrons. The fourth-order valence-corrected chi connectivity index (χ4v) is 3.75. The fraction of sp³-hybridized carbons (Fsp3) is 0.292. The predicted molar refractivity (Wildman–Crippen MR) is 118 cm³/mol. The number of carbonyl (C=O) groups is 1. The molecule has 0 bridgehead atoms. The Kier molecular flexibility index (Phi) is 6.48. The zero-order valence-electron chi connectivity index (χ0n) is 18.0. The predicted octanol–water partition coefficient (Wildman–Crippen LogP) is 4.70. The quantitative estimate of drug-likeness (QED) is 0.582. The average Bonchev–Trinajstić information content (AvgIpc) is 3.37. The highest BCUT2D eigenvalue weighted by atomic mass is 19.4. The monoisotopic (exact) mass is 456 g/mol. The molecule has 9 heteroatoms. The van der Waals surface area contributed by atoms with Crippen LogP contribution in [0.1, 0.15) is 34.3 Å². The molecule has 1 aromatic heterocycles. The minimum atomic E-state index is -4.40. The number of benzene rings is 2. The van der Waals surface area contributed by atoms with Gasteiger partial charge in [-0.15, -0.1) is 0 Å². The molecule has 6 nitrogen and oxygen atoms in total. The van der Waals surface area contributed by atoms with E-state index in [0.29, 0.717) is 28.5 Å². The number of hydrogen-bond donors (Lipinski definition) is 1. The van der Waals surface area contributed by atoms with Gasteiger partial charge in [0.15, 0.2) is 5.82 Å². The van der Waals surface area contributed by atoms with Crippen molar-refractivity contribution in [2.75, 3.05) is 25.1 Å². The van der Waals surface area contributed by atoms with Crippen LogP contribution in [0.25, 0.3) is 11.4 Å². The fourth-order valence-electron chi connectivity index (χ4n) is 3.75. The van der Waals surface area contributed by atoms with Gasteiger partial charge in [0, 0.05) is 25.8 Å². The van der Waals surface area contributed by atoms with E-state index >= 15 is 0 Å². The summed E-state index contributed by atoms with van der Waals surface area (Å²) in [6.45, 7) is 1.65. The normalized spacial score (nSPS) is 13.8. The Morgan fingerprint density at radius 2 is 1.79 bits per heavy atom. The van der Waals surface area contributed by atoms with Crippen LogP contribution in [0.15, 0.2) is 54.7 Å². The van der Waals surface area contributed by atoms with Crippen molar-refractivity contribution in [1.82, 2.24) is 15.3 Å². The van der Waals surface area contributed by atoms with Crippen LogP contribution in [0.2, 0.25) is 0 Å². The average molecular weight is 456 g/mol. The van der Waals surface area contributed by atoms with Crippen molar-refractivity contribution in [3.63, 3.8) is 0 Å². The molecule has 1 aliphatic heterocycles. The molecule has 33 heavy (non-hydrogen) atoms. The summed E-state index contributed by atoms with van der Waals surface area (Å²) in [5.74, 6) is 1.23. The van der Waals surface area contributed by atoms with Crippen molar-refractivity contribution in [2.45, 2.75) is 25.6 Å². The Balaban J connectivity index is 1.57. The van der Waals surface area contributed by atoms with Crippen LogP contribution < -0.4 is 15.0 Å². The number of nitrogens with one attached hydrogen (secondary N) is 1. The van der Waals surface area contributed by atoms with Gasteiger partial charge in [-0.25, -0.2) is 9.97 Å². The molecule has 4 rings (SSSR count). The molecule has 172 valence electrons. The first-order chi connectivity index (χ1) is 15.9. The lowest BCUT2D eigenvalue weighted by molar-refractivity contribution is -0.137. The van der Waals surface area contributed by atoms with Crippen LogP contribution in [-0.4, -0.2) is 36.1 Å². The Morgan fingerprint density at radius 3 is 2.45 bits per heavy atom. The first-order valence-electron chi connectivity index (χ1n) is 10.6. The van der Waals surface area contributed by atoms with Gasteiger partial charge in [-0.1, -0.05) is 24.3 Å². The maximum Gasteiger partial charge on any atom is 0.416 e. The number of aromatic nitrogens is 2. The van der Waals surface area contributed by atoms with Gasteiger partial charge in [0.25, 0.3) is 5.91 Å². The smallest absolute Gasteiger partial charge is 0.416 e. The van der Waals surface area contributed by atoms with Gasteiger partial charge in [0.05, 0.1) is 18.2 Å². The number of halogens is 3. The summed E-state index contributed by atoms with van der Waals surface area (Å²) in [5.41, 5.74) is 0.875. The van der Waals surface area contributed by atoms with E-state index in [1.54, 1.807) is 7.11 Å². The third kappa shape index (κ3) is 5.08. The van der Waals surface area contributed by atoms with Crippen LogP contribution in [-0.2, 0) is 12.7 Å². The van der Waals surface area contributed by atoms with Gasteiger partial charge in [-0.3, -0.25) is 4.79 Å². The Hall–Kier alpha value is -3.62. The minimum absolute atomic E-state index is 0.0880. The van der Waals surface area contributed by atoms with Crippen molar-refractivity contribution in [3.8, 4) is 17.1 Å². The van der Waals surface area contributed by atoms with Gasteiger partial charge in [-0.05, 0) is 42.7 Å². The number of alkyl halides is 3. The maximum absolute atomic E-state index is 13.0. The zero-order valence-corrected chi connectivity index (χ0v) is 18.0. The second-order valence-electron chi connectivity index (χ2n) is 7.70. The molecule has 2 heterocycles. The highest BCUT2D eigenvalue weighted by Gasteiger charge is 2.30. The number of amides is 1. The Labute approximate surface area is 189 Å². The molecule has 0 saturated carbocycles. The highest BCUT2D eigenvalue weighted by Crippen LogP contribution is 2.31. The van der Waals surface area contributed by atoms with Gasteiger partial charge in [0.2, 0.25) is 0 Å². The topological polar surface area (TPSA) is 67.3 Å². The van der Waals surface area contributed by atoms with Crippen molar-refractivity contribution < 1.29 is 22.7 Å². The second kappa shape index (κ2) is 9.48. The van der Waals surface area contributed by atoms with Crippen molar-refractivity contribution in [3.05, 3.63) is 71.4 Å². The number of methoxy groups -OCH3 is 1. The zero-order chi connectivity index (χ0) is 23.4. The summed E-state index contributed by atoms with van der Waals surface area (Å²) >= 11 is 0. The number of nitrogens with zero attached hydrogens (tertiary/aromatic N) is 3.